The van der Waals surface area contributed by atoms with Crippen molar-refractivity contribution in [1.82, 2.24) is 4.90 Å². The number of nitrogens with zero attached hydrogens (tertiary/aromatic N) is 1. The van der Waals surface area contributed by atoms with E-state index >= 15 is 0 Å². The number of ketones is 1. The minimum absolute atomic E-state index is 0.0228. The maximum absolute atomic E-state index is 12.1. The van der Waals surface area contributed by atoms with Crippen molar-refractivity contribution in [3.8, 4) is 0 Å². The zero-order chi connectivity index (χ0) is 13.3. The SMILES string of the molecule is CC(C)C1CC(=O)N(CC(=O)c2sccc2Br)C1. The molecule has 1 saturated heterocycles. The number of likely N-dealkylation sites (tertiary alicyclic amines) is 1. The van der Waals surface area contributed by atoms with Crippen molar-refractivity contribution in [2.45, 2.75) is 20.3 Å². The maximum Gasteiger partial charge on any atom is 0.223 e. The maximum atomic E-state index is 12.1. The highest BCUT2D eigenvalue weighted by atomic mass is 79.9. The quantitative estimate of drug-likeness (QED) is 0.795. The Morgan fingerprint density at radius 2 is 2.33 bits per heavy atom. The van der Waals surface area contributed by atoms with Crippen LogP contribution in [0.5, 0.6) is 0 Å². The van der Waals surface area contributed by atoms with E-state index < -0.39 is 0 Å². The van der Waals surface area contributed by atoms with Crippen LogP contribution in [0.3, 0.4) is 0 Å². The third kappa shape index (κ3) is 2.83. The van der Waals surface area contributed by atoms with Crippen molar-refractivity contribution < 1.29 is 9.59 Å². The van der Waals surface area contributed by atoms with Gasteiger partial charge in [-0.25, -0.2) is 0 Å². The summed E-state index contributed by atoms with van der Waals surface area (Å²) in [7, 11) is 0. The predicted molar refractivity (Wildman–Crippen MR) is 75.9 cm³/mol. The lowest BCUT2D eigenvalue weighted by Crippen LogP contribution is -2.31. The largest absolute Gasteiger partial charge is 0.335 e. The molecule has 1 aromatic heterocycles. The highest BCUT2D eigenvalue weighted by Crippen LogP contribution is 2.27. The first-order chi connectivity index (χ1) is 8.49. The summed E-state index contributed by atoms with van der Waals surface area (Å²) in [5.41, 5.74) is 0. The molecule has 18 heavy (non-hydrogen) atoms. The lowest BCUT2D eigenvalue weighted by atomic mass is 9.95. The highest BCUT2D eigenvalue weighted by molar-refractivity contribution is 9.10. The van der Waals surface area contributed by atoms with Crippen LogP contribution >= 0.6 is 27.3 Å². The Bertz CT molecular complexity index is 469. The summed E-state index contributed by atoms with van der Waals surface area (Å²) in [6, 6.07) is 1.86. The molecule has 0 bridgehead atoms. The van der Waals surface area contributed by atoms with Crippen molar-refractivity contribution >= 4 is 39.0 Å². The van der Waals surface area contributed by atoms with Gasteiger partial charge in [-0.05, 0) is 39.2 Å². The molecule has 1 aliphatic heterocycles. The molecular weight excluding hydrogens is 314 g/mol. The Labute approximate surface area is 119 Å². The van der Waals surface area contributed by atoms with Gasteiger partial charge in [0, 0.05) is 17.4 Å². The van der Waals surface area contributed by atoms with Gasteiger partial charge in [-0.2, -0.15) is 0 Å². The molecule has 0 spiro atoms. The number of carbonyl (C=O) groups is 2. The summed E-state index contributed by atoms with van der Waals surface area (Å²) >= 11 is 4.77. The molecule has 1 aliphatic rings. The second-order valence-corrected chi connectivity index (χ2v) is 6.77. The molecule has 1 aromatic rings. The van der Waals surface area contributed by atoms with E-state index in [9.17, 15) is 9.59 Å². The number of rotatable bonds is 4. The Kier molecular flexibility index (Phi) is 4.22. The molecule has 1 unspecified atom stereocenters. The minimum atomic E-state index is 0.0228. The number of hydrogen-bond donors (Lipinski definition) is 0. The number of thiophene rings is 1. The molecular formula is C13H16BrNO2S. The van der Waals surface area contributed by atoms with Crippen LogP contribution in [0, 0.1) is 11.8 Å². The van der Waals surface area contributed by atoms with Gasteiger partial charge in [-0.1, -0.05) is 13.8 Å². The minimum Gasteiger partial charge on any atom is -0.335 e. The number of amides is 1. The molecule has 98 valence electrons. The second-order valence-electron chi connectivity index (χ2n) is 5.00. The molecule has 1 amide bonds. The summed E-state index contributed by atoms with van der Waals surface area (Å²) in [5.74, 6) is 1.00. The Morgan fingerprint density at radius 3 is 2.83 bits per heavy atom. The third-order valence-electron chi connectivity index (χ3n) is 3.39. The molecule has 2 rings (SSSR count). The normalized spacial score (nSPS) is 19.9. The summed E-state index contributed by atoms with van der Waals surface area (Å²) in [6.07, 6.45) is 0.580. The molecule has 0 saturated carbocycles. The van der Waals surface area contributed by atoms with Gasteiger partial charge in [-0.3, -0.25) is 9.59 Å². The molecule has 1 atom stereocenters. The topological polar surface area (TPSA) is 37.4 Å². The van der Waals surface area contributed by atoms with Crippen molar-refractivity contribution in [3.05, 3.63) is 20.8 Å². The molecule has 0 radical (unpaired) electrons. The third-order valence-corrected chi connectivity index (χ3v) is 5.27. The van der Waals surface area contributed by atoms with Gasteiger partial charge in [0.15, 0.2) is 5.78 Å². The van der Waals surface area contributed by atoms with Gasteiger partial charge in [0.2, 0.25) is 5.91 Å². The summed E-state index contributed by atoms with van der Waals surface area (Å²) in [4.78, 5) is 26.3. The van der Waals surface area contributed by atoms with Gasteiger partial charge in [0.05, 0.1) is 11.4 Å². The zero-order valence-electron chi connectivity index (χ0n) is 10.5. The zero-order valence-corrected chi connectivity index (χ0v) is 12.9. The van der Waals surface area contributed by atoms with E-state index in [1.165, 1.54) is 11.3 Å². The lowest BCUT2D eigenvalue weighted by Gasteiger charge is -2.17. The number of carbonyl (C=O) groups excluding carboxylic acids is 2. The Balaban J connectivity index is 2.01. The lowest BCUT2D eigenvalue weighted by molar-refractivity contribution is -0.127. The summed E-state index contributed by atoms with van der Waals surface area (Å²) in [6.45, 7) is 5.17. The van der Waals surface area contributed by atoms with Crippen LogP contribution < -0.4 is 0 Å². The van der Waals surface area contributed by atoms with Crippen LogP contribution in [-0.2, 0) is 4.79 Å². The monoisotopic (exact) mass is 329 g/mol. The van der Waals surface area contributed by atoms with Gasteiger partial charge in [-0.15, -0.1) is 11.3 Å². The summed E-state index contributed by atoms with van der Waals surface area (Å²) < 4.78 is 0.824. The van der Waals surface area contributed by atoms with Crippen LogP contribution in [-0.4, -0.2) is 29.7 Å². The van der Waals surface area contributed by atoms with E-state index in [0.717, 1.165) is 4.47 Å². The van der Waals surface area contributed by atoms with E-state index in [1.54, 1.807) is 4.90 Å². The van der Waals surface area contributed by atoms with Crippen molar-refractivity contribution in [2.24, 2.45) is 11.8 Å². The standard InChI is InChI=1S/C13H16BrNO2S/c1-8(2)9-5-12(17)15(6-9)7-11(16)13-10(14)3-4-18-13/h3-4,8-9H,5-7H2,1-2H3. The smallest absolute Gasteiger partial charge is 0.223 e. The van der Waals surface area contributed by atoms with Gasteiger partial charge in [0.1, 0.15) is 0 Å². The van der Waals surface area contributed by atoms with Crippen LogP contribution in [0.25, 0.3) is 0 Å². The van der Waals surface area contributed by atoms with Gasteiger partial charge in [0.25, 0.3) is 0 Å². The second kappa shape index (κ2) is 5.53. The van der Waals surface area contributed by atoms with E-state index in [1.807, 2.05) is 11.4 Å². The summed E-state index contributed by atoms with van der Waals surface area (Å²) in [5, 5.41) is 1.88. The molecule has 1 fully saturated rings. The Morgan fingerprint density at radius 1 is 1.61 bits per heavy atom. The highest BCUT2D eigenvalue weighted by Gasteiger charge is 2.32. The average Bonchev–Trinajstić information content (AvgIpc) is 2.86. The number of Topliss-reactive ketones (excluding diaryl/α,β-unsaturated/α-hetero) is 1. The first kappa shape index (κ1) is 13.7. The Hall–Kier alpha value is -0.680. The average molecular weight is 330 g/mol. The number of halogens is 1. The van der Waals surface area contributed by atoms with Crippen LogP contribution in [0.15, 0.2) is 15.9 Å². The van der Waals surface area contributed by atoms with E-state index in [4.69, 9.17) is 0 Å². The van der Waals surface area contributed by atoms with Crippen LogP contribution in [0.1, 0.15) is 29.9 Å². The first-order valence-electron chi connectivity index (χ1n) is 6.03. The van der Waals surface area contributed by atoms with Crippen LogP contribution in [0.2, 0.25) is 0 Å². The molecule has 5 heteroatoms. The van der Waals surface area contributed by atoms with E-state index in [2.05, 4.69) is 29.8 Å². The van der Waals surface area contributed by atoms with Crippen molar-refractivity contribution in [3.63, 3.8) is 0 Å². The molecule has 3 nitrogen and oxygen atoms in total. The van der Waals surface area contributed by atoms with Gasteiger partial charge < -0.3 is 4.90 Å². The molecule has 2 heterocycles. The number of hydrogen-bond acceptors (Lipinski definition) is 3. The fourth-order valence-corrected chi connectivity index (χ4v) is 3.67. The fourth-order valence-electron chi connectivity index (χ4n) is 2.14. The van der Waals surface area contributed by atoms with Crippen LogP contribution in [0.4, 0.5) is 0 Å². The fraction of sp³-hybridized carbons (Fsp3) is 0.538. The van der Waals surface area contributed by atoms with E-state index in [0.29, 0.717) is 29.7 Å². The predicted octanol–water partition coefficient (Wildman–Crippen LogP) is 3.20. The first-order valence-corrected chi connectivity index (χ1v) is 7.70. The molecule has 0 aromatic carbocycles. The van der Waals surface area contributed by atoms with Crippen molar-refractivity contribution in [2.75, 3.05) is 13.1 Å². The molecule has 0 N–H and O–H groups in total. The van der Waals surface area contributed by atoms with Gasteiger partial charge >= 0.3 is 0 Å². The molecule has 0 aliphatic carbocycles. The van der Waals surface area contributed by atoms with E-state index in [-0.39, 0.29) is 18.2 Å². The van der Waals surface area contributed by atoms with Crippen molar-refractivity contribution in [1.29, 1.82) is 0 Å².